The summed E-state index contributed by atoms with van der Waals surface area (Å²) in [6.45, 7) is -0.510. The van der Waals surface area contributed by atoms with Crippen molar-refractivity contribution >= 4 is 40.4 Å². The zero-order chi connectivity index (χ0) is 22.2. The molecule has 2 aromatic rings. The van der Waals surface area contributed by atoms with Gasteiger partial charge in [-0.25, -0.2) is 28.6 Å². The van der Waals surface area contributed by atoms with Crippen molar-refractivity contribution in [2.75, 3.05) is 19.0 Å². The lowest BCUT2D eigenvalue weighted by Crippen LogP contribution is -2.16. The van der Waals surface area contributed by atoms with Gasteiger partial charge in [0.15, 0.2) is 11.5 Å². The van der Waals surface area contributed by atoms with Crippen molar-refractivity contribution in [3.8, 4) is 0 Å². The lowest BCUT2D eigenvalue weighted by atomic mass is 10.2. The maximum atomic E-state index is 11.8. The molecule has 30 heavy (non-hydrogen) atoms. The van der Waals surface area contributed by atoms with Gasteiger partial charge in [-0.2, -0.15) is 8.62 Å². The molecule has 0 aliphatic carbocycles. The van der Waals surface area contributed by atoms with Crippen molar-refractivity contribution < 1.29 is 51.2 Å². The van der Waals surface area contributed by atoms with Crippen LogP contribution in [0.3, 0.4) is 0 Å². The number of aromatic nitrogens is 4. The molecule has 2 aromatic heterocycles. The van der Waals surface area contributed by atoms with E-state index in [0.29, 0.717) is 29.8 Å². The Morgan fingerprint density at radius 2 is 1.87 bits per heavy atom. The molecule has 1 saturated heterocycles. The van der Waals surface area contributed by atoms with E-state index in [2.05, 4.69) is 33.4 Å². The smallest absolute Gasteiger partial charge is 0.371 e. The maximum Gasteiger partial charge on any atom is 0.490 e. The first-order valence-corrected chi connectivity index (χ1v) is 12.7. The molecule has 1 fully saturated rings. The fraction of sp³-hybridized carbons (Fsp3) is 0.545. The largest absolute Gasteiger partial charge is 0.490 e. The van der Waals surface area contributed by atoms with Crippen LogP contribution in [0.2, 0.25) is 0 Å². The molecule has 1 aliphatic heterocycles. The highest BCUT2D eigenvalue weighted by Gasteiger charge is 2.41. The van der Waals surface area contributed by atoms with Crippen molar-refractivity contribution in [3.05, 3.63) is 12.7 Å². The van der Waals surface area contributed by atoms with Gasteiger partial charge in [0.25, 0.3) is 0 Å². The molecule has 5 N–H and O–H groups in total. The molecular weight excluding hydrogens is 471 g/mol. The van der Waals surface area contributed by atoms with E-state index in [1.807, 2.05) is 0 Å². The average molecular weight is 489 g/mol. The van der Waals surface area contributed by atoms with Crippen molar-refractivity contribution in [1.29, 1.82) is 0 Å². The third-order valence-electron chi connectivity index (χ3n) is 3.83. The number of rotatable bonds is 9. The van der Waals surface area contributed by atoms with Crippen LogP contribution in [0.4, 0.5) is 5.82 Å². The highest BCUT2D eigenvalue weighted by Crippen LogP contribution is 2.66. The van der Waals surface area contributed by atoms with Crippen LogP contribution in [0.1, 0.15) is 19.1 Å². The quantitative estimate of drug-likeness (QED) is 0.308. The van der Waals surface area contributed by atoms with E-state index in [-0.39, 0.29) is 0 Å². The first-order chi connectivity index (χ1) is 13.9. The lowest BCUT2D eigenvalue weighted by Gasteiger charge is -2.18. The summed E-state index contributed by atoms with van der Waals surface area (Å²) in [7, 11) is -14.5. The molecule has 3 rings (SSSR count). The molecule has 1 aliphatic rings. The Morgan fingerprint density at radius 1 is 1.13 bits per heavy atom. The lowest BCUT2D eigenvalue weighted by molar-refractivity contribution is -0.0205. The third kappa shape index (κ3) is 5.90. The Balaban J connectivity index is 1.60. The zero-order valence-electron chi connectivity index (χ0n) is 15.2. The van der Waals surface area contributed by atoms with Crippen LogP contribution in [0.15, 0.2) is 12.7 Å². The monoisotopic (exact) mass is 489 g/mol. The van der Waals surface area contributed by atoms with Crippen molar-refractivity contribution in [2.45, 2.75) is 25.2 Å². The maximum absolute atomic E-state index is 11.8. The van der Waals surface area contributed by atoms with Gasteiger partial charge < -0.3 is 29.6 Å². The summed E-state index contributed by atoms with van der Waals surface area (Å²) in [6.07, 6.45) is 2.54. The van der Waals surface area contributed by atoms with E-state index >= 15 is 0 Å². The molecule has 16 nitrogen and oxygen atoms in total. The van der Waals surface area contributed by atoms with E-state index in [9.17, 15) is 18.6 Å². The number of hydrogen-bond donors (Lipinski definition) is 5. The number of ether oxygens (including phenoxy) is 1. The SMILES string of the molecule is CNc1ncnc2c1ncn2[C@H]1CC[C@@H](COP(=O)(O)OP(=O)(O)OP(=O)(O)O)O1. The van der Waals surface area contributed by atoms with E-state index in [4.69, 9.17) is 19.4 Å². The molecule has 19 heteroatoms. The van der Waals surface area contributed by atoms with Gasteiger partial charge >= 0.3 is 23.5 Å². The summed E-state index contributed by atoms with van der Waals surface area (Å²) in [5.41, 5.74) is 1.04. The Morgan fingerprint density at radius 3 is 2.53 bits per heavy atom. The number of anilines is 1. The number of phosphoric acid groups is 3. The second-order valence-corrected chi connectivity index (χ2v) is 10.4. The molecule has 0 spiro atoms. The van der Waals surface area contributed by atoms with E-state index in [0.717, 1.165) is 0 Å². The summed E-state index contributed by atoms with van der Waals surface area (Å²) < 4.78 is 53.0. The minimum absolute atomic E-state index is 0.393. The summed E-state index contributed by atoms with van der Waals surface area (Å²) in [5, 5.41) is 2.89. The van der Waals surface area contributed by atoms with Gasteiger partial charge in [0.05, 0.1) is 19.0 Å². The van der Waals surface area contributed by atoms with Gasteiger partial charge in [-0.05, 0) is 12.8 Å². The molecule has 0 radical (unpaired) electrons. The molecule has 0 bridgehead atoms. The highest BCUT2D eigenvalue weighted by atomic mass is 31.3. The van der Waals surface area contributed by atoms with Gasteiger partial charge in [-0.1, -0.05) is 0 Å². The van der Waals surface area contributed by atoms with E-state index < -0.39 is 42.4 Å². The molecule has 168 valence electrons. The summed E-state index contributed by atoms with van der Waals surface area (Å²) in [4.78, 5) is 48.1. The van der Waals surface area contributed by atoms with Crippen LogP contribution < -0.4 is 5.32 Å². The number of nitrogens with one attached hydrogen (secondary N) is 1. The van der Waals surface area contributed by atoms with Crippen molar-refractivity contribution in [1.82, 2.24) is 19.5 Å². The normalized spacial score (nSPS) is 23.9. The molecule has 3 heterocycles. The number of nitrogens with zero attached hydrogens (tertiary/aromatic N) is 4. The summed E-state index contributed by atoms with van der Waals surface area (Å²) >= 11 is 0. The molecule has 4 atom stereocenters. The Bertz CT molecular complexity index is 1060. The Hall–Kier alpha value is -1.28. The fourth-order valence-corrected chi connectivity index (χ4v) is 5.79. The van der Waals surface area contributed by atoms with Crippen molar-refractivity contribution in [2.24, 2.45) is 0 Å². The molecular formula is C11H18N5O11P3. The van der Waals surface area contributed by atoms with Crippen LogP contribution in [0.25, 0.3) is 11.2 Å². The van der Waals surface area contributed by atoms with Gasteiger partial charge in [0, 0.05) is 7.05 Å². The number of fused-ring (bicyclic) bond motifs is 1. The number of imidazole rings is 1. The Labute approximate surface area is 168 Å². The van der Waals surface area contributed by atoms with Crippen LogP contribution in [0.5, 0.6) is 0 Å². The van der Waals surface area contributed by atoms with Crippen molar-refractivity contribution in [3.63, 3.8) is 0 Å². The van der Waals surface area contributed by atoms with E-state index in [1.165, 1.54) is 12.7 Å². The predicted octanol–water partition coefficient (Wildman–Crippen LogP) is 0.889. The number of hydrogen-bond acceptors (Lipinski definition) is 11. The predicted molar refractivity (Wildman–Crippen MR) is 97.8 cm³/mol. The Kier molecular flexibility index (Phi) is 6.77. The van der Waals surface area contributed by atoms with Gasteiger partial charge in [0.2, 0.25) is 0 Å². The van der Waals surface area contributed by atoms with Gasteiger partial charge in [0.1, 0.15) is 18.1 Å². The topological polar surface area (TPSA) is 225 Å². The number of phosphoric ester groups is 1. The average Bonchev–Trinajstić information content (AvgIpc) is 3.23. The van der Waals surface area contributed by atoms with Crippen LogP contribution in [0, 0.1) is 0 Å². The minimum Gasteiger partial charge on any atom is -0.371 e. The van der Waals surface area contributed by atoms with Crippen LogP contribution in [-0.4, -0.2) is 58.9 Å². The first-order valence-electron chi connectivity index (χ1n) is 8.18. The molecule has 0 amide bonds. The molecule has 2 unspecified atom stereocenters. The van der Waals surface area contributed by atoms with Gasteiger partial charge in [-0.3, -0.25) is 9.09 Å². The fourth-order valence-electron chi connectivity index (χ4n) is 2.74. The standard InChI is InChI=1S/C11H18N5O11P3/c1-12-10-9-11(14-5-13-10)16(6-15-9)8-3-2-7(25-8)4-24-29(20,21)27-30(22,23)26-28(17,18)19/h5-8H,2-4H2,1H3,(H,20,21)(H,22,23)(H,12,13,14)(H2,17,18,19)/t7-,8+/m0/s1. The van der Waals surface area contributed by atoms with Crippen LogP contribution in [-0.2, 0) is 31.6 Å². The zero-order valence-corrected chi connectivity index (χ0v) is 17.9. The second kappa shape index (κ2) is 8.69. The van der Waals surface area contributed by atoms with Gasteiger partial charge in [-0.15, -0.1) is 0 Å². The highest BCUT2D eigenvalue weighted by molar-refractivity contribution is 7.66. The van der Waals surface area contributed by atoms with E-state index in [1.54, 1.807) is 11.6 Å². The molecule has 0 saturated carbocycles. The third-order valence-corrected chi connectivity index (χ3v) is 7.63. The molecule has 0 aromatic carbocycles. The summed E-state index contributed by atoms with van der Waals surface area (Å²) in [6, 6.07) is 0. The minimum atomic E-state index is -5.56. The second-order valence-electron chi connectivity index (χ2n) is 5.97. The van der Waals surface area contributed by atoms with Crippen LogP contribution >= 0.6 is 23.5 Å². The summed E-state index contributed by atoms with van der Waals surface area (Å²) in [5.74, 6) is 0.529. The first kappa shape index (κ1) is 23.4.